The number of rotatable bonds is 20. The molecule has 13 heteroatoms. The number of nitrogens with two attached hydrogens (primary N) is 3. The summed E-state index contributed by atoms with van der Waals surface area (Å²) in [6.45, 7) is 4.29. The highest BCUT2D eigenvalue weighted by Gasteiger charge is 2.31. The van der Waals surface area contributed by atoms with Crippen LogP contribution in [0.1, 0.15) is 71.6 Å². The van der Waals surface area contributed by atoms with Crippen molar-refractivity contribution in [2.24, 2.45) is 23.1 Å². The Balaban J connectivity index is 5.55. The van der Waals surface area contributed by atoms with Crippen molar-refractivity contribution in [1.82, 2.24) is 16.0 Å². The minimum atomic E-state index is -1.17. The summed E-state index contributed by atoms with van der Waals surface area (Å²) in [5.41, 5.74) is 16.8. The molecule has 0 aromatic heterocycles. The van der Waals surface area contributed by atoms with Crippen LogP contribution in [0, 0.1) is 5.92 Å². The molecule has 0 bridgehead atoms. The summed E-state index contributed by atoms with van der Waals surface area (Å²) in [5.74, 6) is -4.56. The molecule has 13 nitrogen and oxygen atoms in total. The zero-order chi connectivity index (χ0) is 27.7. The monoisotopic (exact) mass is 516 g/mol. The van der Waals surface area contributed by atoms with Gasteiger partial charge in [0.15, 0.2) is 0 Å². The predicted molar refractivity (Wildman–Crippen MR) is 134 cm³/mol. The summed E-state index contributed by atoms with van der Waals surface area (Å²) in [5, 5.41) is 26.0. The molecule has 0 aliphatic carbocycles. The maximum absolute atomic E-state index is 13.1. The second-order valence-corrected chi connectivity index (χ2v) is 8.94. The van der Waals surface area contributed by atoms with Gasteiger partial charge in [0.05, 0.1) is 6.04 Å². The second kappa shape index (κ2) is 18.5. The third-order valence-electron chi connectivity index (χ3n) is 5.94. The highest BCUT2D eigenvalue weighted by molar-refractivity contribution is 5.94. The minimum Gasteiger partial charge on any atom is -0.481 e. The van der Waals surface area contributed by atoms with E-state index >= 15 is 0 Å². The Morgan fingerprint density at radius 3 is 1.64 bits per heavy atom. The third-order valence-corrected chi connectivity index (χ3v) is 5.94. The maximum atomic E-state index is 13.1. The fraction of sp³-hybridized carbons (Fsp3) is 0.783. The Kier molecular flexibility index (Phi) is 17.1. The fourth-order valence-electron chi connectivity index (χ4n) is 3.42. The molecular weight excluding hydrogens is 472 g/mol. The molecular formula is C23H44N6O7. The summed E-state index contributed by atoms with van der Waals surface area (Å²) in [4.78, 5) is 61.0. The van der Waals surface area contributed by atoms with Crippen molar-refractivity contribution >= 4 is 29.7 Å². The number of unbranched alkanes of at least 4 members (excludes halogenated alkanes) is 2. The Labute approximate surface area is 212 Å². The van der Waals surface area contributed by atoms with Gasteiger partial charge in [-0.25, -0.2) is 4.79 Å². The van der Waals surface area contributed by atoms with Crippen molar-refractivity contribution in [2.45, 2.75) is 95.8 Å². The Hall–Kier alpha value is -2.77. The van der Waals surface area contributed by atoms with Crippen LogP contribution >= 0.6 is 0 Å². The molecule has 0 aliphatic heterocycles. The predicted octanol–water partition coefficient (Wildman–Crippen LogP) is -0.978. The first-order valence-electron chi connectivity index (χ1n) is 12.5. The van der Waals surface area contributed by atoms with Crippen LogP contribution in [0.15, 0.2) is 0 Å². The normalized spacial score (nSPS) is 15.1. The van der Waals surface area contributed by atoms with Gasteiger partial charge in [0.25, 0.3) is 0 Å². The number of carbonyl (C=O) groups excluding carboxylic acids is 3. The lowest BCUT2D eigenvalue weighted by atomic mass is 9.98. The third kappa shape index (κ3) is 13.4. The molecule has 0 saturated carbocycles. The first kappa shape index (κ1) is 33.2. The lowest BCUT2D eigenvalue weighted by Crippen LogP contribution is -2.57. The maximum Gasteiger partial charge on any atom is 0.326 e. The van der Waals surface area contributed by atoms with E-state index in [0.29, 0.717) is 45.2 Å². The quantitative estimate of drug-likeness (QED) is 0.0919. The van der Waals surface area contributed by atoms with Crippen LogP contribution in [0.2, 0.25) is 0 Å². The molecule has 0 fully saturated rings. The molecule has 0 aromatic carbocycles. The van der Waals surface area contributed by atoms with Gasteiger partial charge < -0.3 is 43.4 Å². The van der Waals surface area contributed by atoms with E-state index in [1.54, 1.807) is 6.92 Å². The number of hydrogen-bond donors (Lipinski definition) is 8. The minimum absolute atomic E-state index is 0.103. The number of amides is 3. The van der Waals surface area contributed by atoms with Gasteiger partial charge in [-0.2, -0.15) is 0 Å². The van der Waals surface area contributed by atoms with E-state index < -0.39 is 53.8 Å². The second-order valence-electron chi connectivity index (χ2n) is 8.94. The average Bonchev–Trinajstić information content (AvgIpc) is 2.83. The number of carboxylic acids is 2. The fourth-order valence-corrected chi connectivity index (χ4v) is 3.42. The Morgan fingerprint density at radius 2 is 1.22 bits per heavy atom. The van der Waals surface area contributed by atoms with Gasteiger partial charge in [0, 0.05) is 6.42 Å². The molecule has 5 atom stereocenters. The van der Waals surface area contributed by atoms with E-state index in [-0.39, 0.29) is 31.6 Å². The molecule has 0 aromatic rings. The van der Waals surface area contributed by atoms with Crippen LogP contribution in [0.5, 0.6) is 0 Å². The van der Waals surface area contributed by atoms with Gasteiger partial charge in [0.2, 0.25) is 17.7 Å². The van der Waals surface area contributed by atoms with Crippen molar-refractivity contribution in [3.8, 4) is 0 Å². The van der Waals surface area contributed by atoms with Crippen LogP contribution in [-0.2, 0) is 24.0 Å². The summed E-state index contributed by atoms with van der Waals surface area (Å²) in [6.07, 6.45) is 2.79. The van der Waals surface area contributed by atoms with Gasteiger partial charge in [-0.3, -0.25) is 19.2 Å². The van der Waals surface area contributed by atoms with Crippen LogP contribution in [-0.4, -0.2) is 77.1 Å². The van der Waals surface area contributed by atoms with E-state index in [9.17, 15) is 29.1 Å². The van der Waals surface area contributed by atoms with Crippen LogP contribution in [0.25, 0.3) is 0 Å². The Bertz CT molecular complexity index is 721. The van der Waals surface area contributed by atoms with E-state index in [0.717, 1.165) is 0 Å². The standard InChI is InChI=1S/C23H44N6O7/c1-3-14(2)19(23(35)36)29-22(34)17(9-5-7-13-25)28-21(33)16(8-4-6-12-24)27-20(32)15(26)10-11-18(30)31/h14-17,19H,3-13,24-26H2,1-2H3,(H,27,32)(H,28,33)(H,29,34)(H,30,31)(H,35,36). The van der Waals surface area contributed by atoms with Crippen LogP contribution in [0.4, 0.5) is 0 Å². The number of carboxylic acid groups (broad SMARTS) is 2. The molecule has 0 spiro atoms. The van der Waals surface area contributed by atoms with Crippen molar-refractivity contribution in [3.05, 3.63) is 0 Å². The van der Waals surface area contributed by atoms with Gasteiger partial charge in [-0.05, 0) is 64.0 Å². The molecule has 0 rings (SSSR count). The Morgan fingerprint density at radius 1 is 0.750 bits per heavy atom. The van der Waals surface area contributed by atoms with Crippen molar-refractivity contribution in [2.75, 3.05) is 13.1 Å². The molecule has 5 unspecified atom stereocenters. The van der Waals surface area contributed by atoms with E-state index in [1.165, 1.54) is 0 Å². The van der Waals surface area contributed by atoms with Crippen LogP contribution in [0.3, 0.4) is 0 Å². The zero-order valence-corrected chi connectivity index (χ0v) is 21.3. The van der Waals surface area contributed by atoms with Gasteiger partial charge >= 0.3 is 11.9 Å². The van der Waals surface area contributed by atoms with Crippen molar-refractivity contribution in [3.63, 3.8) is 0 Å². The first-order valence-corrected chi connectivity index (χ1v) is 12.5. The molecule has 0 heterocycles. The molecule has 0 radical (unpaired) electrons. The molecule has 36 heavy (non-hydrogen) atoms. The van der Waals surface area contributed by atoms with Gasteiger partial charge in [-0.1, -0.05) is 20.3 Å². The van der Waals surface area contributed by atoms with Gasteiger partial charge in [-0.15, -0.1) is 0 Å². The molecule has 3 amide bonds. The molecule has 0 aliphatic rings. The molecule has 0 saturated heterocycles. The summed E-state index contributed by atoms with van der Waals surface area (Å²) in [7, 11) is 0. The lowest BCUT2D eigenvalue weighted by molar-refractivity contribution is -0.144. The topological polar surface area (TPSA) is 240 Å². The van der Waals surface area contributed by atoms with Crippen LogP contribution < -0.4 is 33.2 Å². The average molecular weight is 517 g/mol. The zero-order valence-electron chi connectivity index (χ0n) is 21.3. The number of hydrogen-bond acceptors (Lipinski definition) is 8. The molecule has 11 N–H and O–H groups in total. The number of aliphatic carboxylic acids is 2. The summed E-state index contributed by atoms with van der Waals surface area (Å²) < 4.78 is 0. The van der Waals surface area contributed by atoms with E-state index in [1.807, 2.05) is 6.92 Å². The summed E-state index contributed by atoms with van der Waals surface area (Å²) in [6, 6.07) is -4.32. The van der Waals surface area contributed by atoms with E-state index in [2.05, 4.69) is 16.0 Å². The van der Waals surface area contributed by atoms with Gasteiger partial charge in [0.1, 0.15) is 18.1 Å². The van der Waals surface area contributed by atoms with Crippen molar-refractivity contribution in [1.29, 1.82) is 0 Å². The highest BCUT2D eigenvalue weighted by atomic mass is 16.4. The smallest absolute Gasteiger partial charge is 0.326 e. The van der Waals surface area contributed by atoms with Crippen molar-refractivity contribution < 1.29 is 34.2 Å². The number of carbonyl (C=O) groups is 5. The first-order chi connectivity index (χ1) is 17.0. The SMILES string of the molecule is CCC(C)C(NC(=O)C(CCCCN)NC(=O)C(CCCCN)NC(=O)C(N)CCC(=O)O)C(=O)O. The highest BCUT2D eigenvalue weighted by Crippen LogP contribution is 2.10. The lowest BCUT2D eigenvalue weighted by Gasteiger charge is -2.26. The summed E-state index contributed by atoms with van der Waals surface area (Å²) >= 11 is 0. The van der Waals surface area contributed by atoms with E-state index in [4.69, 9.17) is 22.3 Å². The largest absolute Gasteiger partial charge is 0.481 e. The number of nitrogens with one attached hydrogen (secondary N) is 3. The molecule has 208 valence electrons.